The van der Waals surface area contributed by atoms with Crippen molar-refractivity contribution in [3.05, 3.63) is 42.4 Å². The van der Waals surface area contributed by atoms with Gasteiger partial charge in [0.05, 0.1) is 0 Å². The lowest BCUT2D eigenvalue weighted by atomic mass is 9.92. The normalized spacial score (nSPS) is 15.3. The van der Waals surface area contributed by atoms with E-state index >= 15 is 0 Å². The molecule has 1 saturated heterocycles. The molecule has 2 amide bonds. The van der Waals surface area contributed by atoms with Crippen LogP contribution in [0.15, 0.2) is 36.7 Å². The Balaban J connectivity index is 1.66. The van der Waals surface area contributed by atoms with Gasteiger partial charge in [-0.25, -0.2) is 13.9 Å². The molecular formula is C22H25FN6O2. The molecule has 0 spiro atoms. The summed E-state index contributed by atoms with van der Waals surface area (Å²) in [4.78, 5) is 28.7. The number of benzene rings is 1. The van der Waals surface area contributed by atoms with Gasteiger partial charge in [0.2, 0.25) is 6.41 Å². The number of alkyl halides is 1. The van der Waals surface area contributed by atoms with Gasteiger partial charge in [0.25, 0.3) is 5.91 Å². The second-order valence-corrected chi connectivity index (χ2v) is 8.27. The maximum atomic E-state index is 14.1. The molecule has 3 aromatic rings. The molecule has 2 aromatic heterocycles. The molecule has 1 aliphatic rings. The quantitative estimate of drug-likeness (QED) is 0.613. The summed E-state index contributed by atoms with van der Waals surface area (Å²) >= 11 is 0. The summed E-state index contributed by atoms with van der Waals surface area (Å²) in [6, 6.07) is 9.50. The fourth-order valence-corrected chi connectivity index (χ4v) is 4.17. The Morgan fingerprint density at radius 1 is 1.26 bits per heavy atom. The number of piperidine rings is 1. The molecule has 0 unspecified atom stereocenters. The number of hydrogen-bond acceptors (Lipinski definition) is 5. The lowest BCUT2D eigenvalue weighted by Gasteiger charge is -2.34. The summed E-state index contributed by atoms with van der Waals surface area (Å²) in [6.07, 6.45) is 3.48. The number of hydrogen-bond donors (Lipinski definition) is 2. The first kappa shape index (κ1) is 20.8. The molecule has 3 heterocycles. The summed E-state index contributed by atoms with van der Waals surface area (Å²) < 4.78 is 15.9. The minimum Gasteiger partial charge on any atom is -0.382 e. The predicted octanol–water partition coefficient (Wildman–Crippen LogP) is 3.00. The van der Waals surface area contributed by atoms with Gasteiger partial charge in [-0.1, -0.05) is 12.1 Å². The van der Waals surface area contributed by atoms with Crippen LogP contribution in [-0.4, -0.2) is 50.6 Å². The number of amides is 2. The molecule has 162 valence electrons. The van der Waals surface area contributed by atoms with Crippen LogP contribution in [0.25, 0.3) is 16.6 Å². The second kappa shape index (κ2) is 7.98. The van der Waals surface area contributed by atoms with Crippen LogP contribution in [0.2, 0.25) is 0 Å². The number of likely N-dealkylation sites (tertiary alicyclic amines) is 1. The molecule has 8 nitrogen and oxygen atoms in total. The van der Waals surface area contributed by atoms with Crippen molar-refractivity contribution in [2.45, 2.75) is 38.3 Å². The van der Waals surface area contributed by atoms with Crippen molar-refractivity contribution in [2.75, 3.05) is 24.1 Å². The van der Waals surface area contributed by atoms with Crippen LogP contribution in [0.1, 0.15) is 38.3 Å². The van der Waals surface area contributed by atoms with Crippen LogP contribution in [0, 0.1) is 0 Å². The lowest BCUT2D eigenvalue weighted by molar-refractivity contribution is -0.143. The number of fused-ring (bicyclic) bond motifs is 1. The van der Waals surface area contributed by atoms with Gasteiger partial charge in [-0.05, 0) is 50.5 Å². The summed E-state index contributed by atoms with van der Waals surface area (Å²) in [6.45, 7) is 3.58. The Bertz CT molecular complexity index is 1110. The Morgan fingerprint density at radius 3 is 2.55 bits per heavy atom. The number of rotatable bonds is 5. The summed E-state index contributed by atoms with van der Waals surface area (Å²) in [5, 5.41) is 7.05. The number of anilines is 2. The molecule has 1 aromatic carbocycles. The fourth-order valence-electron chi connectivity index (χ4n) is 4.17. The van der Waals surface area contributed by atoms with Crippen molar-refractivity contribution >= 4 is 29.3 Å². The average molecular weight is 424 g/mol. The minimum absolute atomic E-state index is 0.151. The zero-order valence-corrected chi connectivity index (χ0v) is 17.5. The first-order valence-electron chi connectivity index (χ1n) is 10.2. The maximum absolute atomic E-state index is 14.1. The highest BCUT2D eigenvalue weighted by atomic mass is 19.1. The standard InChI is InChI=1S/C22H25FN6O2/c1-22(2,23)21(31)28-9-7-15(8-10-28)18-11-17(19-20(24)25-12-27-29(18)19)14-3-5-16(6-4-14)26-13-30/h3-6,11-13,15H,7-10H2,1-2H3,(H,26,30)(H2,24,25,27). The summed E-state index contributed by atoms with van der Waals surface area (Å²) in [7, 11) is 0. The van der Waals surface area contributed by atoms with Crippen molar-refractivity contribution in [3.8, 4) is 11.1 Å². The highest BCUT2D eigenvalue weighted by molar-refractivity contribution is 5.89. The topological polar surface area (TPSA) is 106 Å². The molecule has 0 atom stereocenters. The number of nitrogens with two attached hydrogens (primary N) is 1. The molecule has 1 fully saturated rings. The van der Waals surface area contributed by atoms with E-state index in [4.69, 9.17) is 5.73 Å². The summed E-state index contributed by atoms with van der Waals surface area (Å²) in [5.74, 6) is 0.0544. The molecule has 0 saturated carbocycles. The molecular weight excluding hydrogens is 399 g/mol. The minimum atomic E-state index is -1.87. The van der Waals surface area contributed by atoms with Gasteiger partial charge in [0.1, 0.15) is 11.8 Å². The Morgan fingerprint density at radius 2 is 1.94 bits per heavy atom. The molecule has 0 aliphatic carbocycles. The zero-order valence-electron chi connectivity index (χ0n) is 17.5. The molecule has 9 heteroatoms. The predicted molar refractivity (Wildman–Crippen MR) is 116 cm³/mol. The number of nitrogens with zero attached hydrogens (tertiary/aromatic N) is 4. The number of halogens is 1. The third-order valence-electron chi connectivity index (χ3n) is 5.74. The second-order valence-electron chi connectivity index (χ2n) is 8.27. The van der Waals surface area contributed by atoms with E-state index in [0.29, 0.717) is 43.8 Å². The first-order chi connectivity index (χ1) is 14.8. The van der Waals surface area contributed by atoms with E-state index in [1.165, 1.54) is 20.2 Å². The smallest absolute Gasteiger partial charge is 0.259 e. The van der Waals surface area contributed by atoms with Crippen molar-refractivity contribution in [2.24, 2.45) is 0 Å². The van der Waals surface area contributed by atoms with Crippen molar-refractivity contribution in [1.82, 2.24) is 19.5 Å². The van der Waals surface area contributed by atoms with Gasteiger partial charge < -0.3 is 16.0 Å². The van der Waals surface area contributed by atoms with E-state index in [0.717, 1.165) is 22.3 Å². The van der Waals surface area contributed by atoms with Gasteiger partial charge in [-0.2, -0.15) is 5.10 Å². The molecule has 4 rings (SSSR count). The van der Waals surface area contributed by atoms with E-state index in [2.05, 4.69) is 21.5 Å². The van der Waals surface area contributed by atoms with Crippen LogP contribution < -0.4 is 11.1 Å². The third-order valence-corrected chi connectivity index (χ3v) is 5.74. The lowest BCUT2D eigenvalue weighted by Crippen LogP contribution is -2.46. The van der Waals surface area contributed by atoms with E-state index in [9.17, 15) is 14.0 Å². The number of nitrogen functional groups attached to an aromatic ring is 1. The highest BCUT2D eigenvalue weighted by Gasteiger charge is 2.35. The zero-order chi connectivity index (χ0) is 22.2. The average Bonchev–Trinajstić information content (AvgIpc) is 3.14. The Hall–Kier alpha value is -3.49. The molecule has 0 radical (unpaired) electrons. The van der Waals surface area contributed by atoms with Crippen LogP contribution >= 0.6 is 0 Å². The van der Waals surface area contributed by atoms with Crippen molar-refractivity contribution in [1.29, 1.82) is 0 Å². The third kappa shape index (κ3) is 3.95. The molecule has 0 bridgehead atoms. The maximum Gasteiger partial charge on any atom is 0.259 e. The number of aromatic nitrogens is 3. The van der Waals surface area contributed by atoms with Gasteiger partial charge in [0, 0.05) is 36.0 Å². The largest absolute Gasteiger partial charge is 0.382 e. The van der Waals surface area contributed by atoms with E-state index in [-0.39, 0.29) is 5.92 Å². The van der Waals surface area contributed by atoms with Crippen molar-refractivity contribution in [3.63, 3.8) is 0 Å². The number of carbonyl (C=O) groups is 2. The van der Waals surface area contributed by atoms with Gasteiger partial charge in [-0.3, -0.25) is 9.59 Å². The summed E-state index contributed by atoms with van der Waals surface area (Å²) in [5.41, 5.74) is 8.55. The molecule has 31 heavy (non-hydrogen) atoms. The van der Waals surface area contributed by atoms with Gasteiger partial charge in [-0.15, -0.1) is 0 Å². The van der Waals surface area contributed by atoms with Crippen LogP contribution in [0.5, 0.6) is 0 Å². The van der Waals surface area contributed by atoms with Gasteiger partial charge in [0.15, 0.2) is 11.5 Å². The van der Waals surface area contributed by atoms with E-state index in [1.54, 1.807) is 4.90 Å². The van der Waals surface area contributed by atoms with Crippen LogP contribution in [0.4, 0.5) is 15.9 Å². The fraction of sp³-hybridized carbons (Fsp3) is 0.364. The van der Waals surface area contributed by atoms with E-state index < -0.39 is 11.6 Å². The highest BCUT2D eigenvalue weighted by Crippen LogP contribution is 2.37. The Labute approximate surface area is 179 Å². The molecule has 3 N–H and O–H groups in total. The van der Waals surface area contributed by atoms with Crippen LogP contribution in [0.3, 0.4) is 0 Å². The number of nitrogens with one attached hydrogen (secondary N) is 1. The first-order valence-corrected chi connectivity index (χ1v) is 10.2. The van der Waals surface area contributed by atoms with E-state index in [1.807, 2.05) is 28.8 Å². The molecule has 1 aliphatic heterocycles. The Kier molecular flexibility index (Phi) is 5.34. The SMILES string of the molecule is CC(C)(F)C(=O)N1CCC(c2cc(-c3ccc(NC=O)cc3)c3c(N)ncnn23)CC1. The van der Waals surface area contributed by atoms with Crippen LogP contribution in [-0.2, 0) is 9.59 Å². The number of carbonyl (C=O) groups excluding carboxylic acids is 2. The monoisotopic (exact) mass is 424 g/mol. The van der Waals surface area contributed by atoms with Crippen molar-refractivity contribution < 1.29 is 14.0 Å². The van der Waals surface area contributed by atoms with Gasteiger partial charge >= 0.3 is 0 Å².